The standard InChI is InChI=1S/C22H33NO9P2/c1-18(2)9-7-10-19(3)11-8-12-20(4)15-16-30-33(26,27)32-34(28,29)31-17-21-13-5-6-14-22(21)23(24)25/h5-6,9,11,13-15H,7-8,10,12,16-17H2,1-4H3,(H,26,27)(H,28,29)/b19-11+,20-15+. The van der Waals surface area contributed by atoms with Crippen molar-refractivity contribution in [2.45, 2.75) is 60.0 Å². The van der Waals surface area contributed by atoms with Gasteiger partial charge in [0.05, 0.1) is 23.7 Å². The number of para-hydroxylation sites is 1. The number of rotatable bonds is 15. The molecule has 0 aliphatic rings. The molecule has 190 valence electrons. The van der Waals surface area contributed by atoms with Gasteiger partial charge in [-0.3, -0.25) is 19.2 Å². The number of hydrogen-bond donors (Lipinski definition) is 2. The molecule has 0 radical (unpaired) electrons. The Morgan fingerprint density at radius 2 is 1.50 bits per heavy atom. The van der Waals surface area contributed by atoms with Gasteiger partial charge in [0.1, 0.15) is 0 Å². The fraction of sp³-hybridized carbons (Fsp3) is 0.455. The van der Waals surface area contributed by atoms with E-state index < -0.39 is 27.2 Å². The predicted octanol–water partition coefficient (Wildman–Crippen LogP) is 6.76. The number of phosphoric ester groups is 2. The summed E-state index contributed by atoms with van der Waals surface area (Å²) in [5, 5.41) is 11.0. The maximum absolute atomic E-state index is 12.0. The minimum atomic E-state index is -5.03. The van der Waals surface area contributed by atoms with E-state index in [4.69, 9.17) is 4.52 Å². The lowest BCUT2D eigenvalue weighted by atomic mass is 10.1. The first-order valence-electron chi connectivity index (χ1n) is 10.6. The molecule has 0 heterocycles. The largest absolute Gasteiger partial charge is 0.481 e. The van der Waals surface area contributed by atoms with Crippen molar-refractivity contribution in [1.29, 1.82) is 0 Å². The smallest absolute Gasteiger partial charge is 0.302 e. The molecule has 0 aromatic heterocycles. The molecular formula is C22H33NO9P2. The first-order valence-corrected chi connectivity index (χ1v) is 13.6. The Labute approximate surface area is 200 Å². The normalized spacial score (nSPS) is 15.9. The zero-order chi connectivity index (χ0) is 25.8. The van der Waals surface area contributed by atoms with Gasteiger partial charge in [0.2, 0.25) is 0 Å². The molecule has 0 amide bonds. The number of benzene rings is 1. The Kier molecular flexibility index (Phi) is 12.8. The predicted molar refractivity (Wildman–Crippen MR) is 130 cm³/mol. The van der Waals surface area contributed by atoms with Crippen molar-refractivity contribution in [2.24, 2.45) is 0 Å². The quantitative estimate of drug-likeness (QED) is 0.111. The molecule has 2 atom stereocenters. The summed E-state index contributed by atoms with van der Waals surface area (Å²) >= 11 is 0. The van der Waals surface area contributed by atoms with Crippen molar-refractivity contribution in [1.82, 2.24) is 0 Å². The van der Waals surface area contributed by atoms with Crippen LogP contribution in [-0.2, 0) is 29.1 Å². The van der Waals surface area contributed by atoms with Gasteiger partial charge in [-0.2, -0.15) is 4.31 Å². The van der Waals surface area contributed by atoms with Crippen molar-refractivity contribution in [3.63, 3.8) is 0 Å². The molecule has 0 bridgehead atoms. The fourth-order valence-corrected chi connectivity index (χ4v) is 4.74. The number of nitrogens with zero attached hydrogens (tertiary/aromatic N) is 1. The summed E-state index contributed by atoms with van der Waals surface area (Å²) in [6, 6.07) is 5.41. The summed E-state index contributed by atoms with van der Waals surface area (Å²) in [5.74, 6) is 0. The van der Waals surface area contributed by atoms with Crippen LogP contribution in [0.15, 0.2) is 59.2 Å². The van der Waals surface area contributed by atoms with Crippen LogP contribution in [0.1, 0.15) is 58.9 Å². The van der Waals surface area contributed by atoms with E-state index in [0.29, 0.717) is 0 Å². The fourth-order valence-electron chi connectivity index (χ4n) is 2.75. The van der Waals surface area contributed by atoms with Gasteiger partial charge in [0, 0.05) is 6.07 Å². The second-order valence-corrected chi connectivity index (χ2v) is 11.0. The second-order valence-electron chi connectivity index (χ2n) is 7.93. The summed E-state index contributed by atoms with van der Waals surface area (Å²) < 4.78 is 37.6. The number of nitro benzene ring substituents is 1. The third-order valence-electron chi connectivity index (χ3n) is 4.57. The van der Waals surface area contributed by atoms with Crippen LogP contribution in [0.25, 0.3) is 0 Å². The SMILES string of the molecule is CC(C)=CCC/C(C)=C/CC/C(C)=C/COP(=O)(O)OP(=O)(O)OCc1ccccc1[N+](=O)[O-]. The number of allylic oxidation sites excluding steroid dienone is 5. The summed E-state index contributed by atoms with van der Waals surface area (Å²) in [7, 11) is -9.95. The molecule has 34 heavy (non-hydrogen) atoms. The molecule has 0 saturated heterocycles. The maximum Gasteiger partial charge on any atom is 0.481 e. The molecule has 10 nitrogen and oxygen atoms in total. The molecule has 1 aromatic rings. The van der Waals surface area contributed by atoms with E-state index in [9.17, 15) is 29.0 Å². The lowest BCUT2D eigenvalue weighted by Crippen LogP contribution is -2.00. The topological polar surface area (TPSA) is 145 Å². The van der Waals surface area contributed by atoms with E-state index in [1.54, 1.807) is 6.08 Å². The molecule has 2 N–H and O–H groups in total. The molecular weight excluding hydrogens is 484 g/mol. The number of hydrogen-bond acceptors (Lipinski definition) is 7. The summed E-state index contributed by atoms with van der Waals surface area (Å²) in [5.41, 5.74) is 3.16. The summed E-state index contributed by atoms with van der Waals surface area (Å²) in [6.07, 6.45) is 9.43. The minimum absolute atomic E-state index is 0.00106. The Morgan fingerprint density at radius 1 is 0.941 bits per heavy atom. The van der Waals surface area contributed by atoms with Crippen LogP contribution in [0.4, 0.5) is 5.69 Å². The molecule has 0 spiro atoms. The van der Waals surface area contributed by atoms with Crippen LogP contribution < -0.4 is 0 Å². The van der Waals surface area contributed by atoms with E-state index in [-0.39, 0.29) is 17.9 Å². The molecule has 1 aromatic carbocycles. The molecule has 0 saturated carbocycles. The third-order valence-corrected chi connectivity index (χ3v) is 7.15. The van der Waals surface area contributed by atoms with Gasteiger partial charge < -0.3 is 9.79 Å². The van der Waals surface area contributed by atoms with Gasteiger partial charge in [-0.1, -0.05) is 47.1 Å². The lowest BCUT2D eigenvalue weighted by Gasteiger charge is -2.15. The summed E-state index contributed by atoms with van der Waals surface area (Å²) in [4.78, 5) is 29.7. The molecule has 0 fully saturated rings. The van der Waals surface area contributed by atoms with E-state index in [2.05, 4.69) is 41.8 Å². The van der Waals surface area contributed by atoms with Crippen molar-refractivity contribution < 1.29 is 37.2 Å². The van der Waals surface area contributed by atoms with E-state index in [1.807, 2.05) is 6.92 Å². The van der Waals surface area contributed by atoms with Gasteiger partial charge in [-0.15, -0.1) is 0 Å². The molecule has 0 aliphatic heterocycles. The average molecular weight is 517 g/mol. The highest BCUT2D eigenvalue weighted by Crippen LogP contribution is 2.60. The molecule has 12 heteroatoms. The van der Waals surface area contributed by atoms with Gasteiger partial charge in [0.15, 0.2) is 0 Å². The van der Waals surface area contributed by atoms with Crippen LogP contribution in [0.3, 0.4) is 0 Å². The Hall–Kier alpha value is -1.90. The van der Waals surface area contributed by atoms with Crippen LogP contribution >= 0.6 is 15.6 Å². The van der Waals surface area contributed by atoms with E-state index in [0.717, 1.165) is 31.3 Å². The van der Waals surface area contributed by atoms with Crippen molar-refractivity contribution in [3.05, 3.63) is 74.9 Å². The van der Waals surface area contributed by atoms with Crippen molar-refractivity contribution >= 4 is 21.3 Å². The molecule has 2 unspecified atom stereocenters. The van der Waals surface area contributed by atoms with Gasteiger partial charge in [0.25, 0.3) is 5.69 Å². The lowest BCUT2D eigenvalue weighted by molar-refractivity contribution is -0.385. The highest BCUT2D eigenvalue weighted by atomic mass is 31.3. The molecule has 1 rings (SSSR count). The average Bonchev–Trinajstić information content (AvgIpc) is 2.71. The van der Waals surface area contributed by atoms with E-state index in [1.165, 1.54) is 35.4 Å². The minimum Gasteiger partial charge on any atom is -0.302 e. The van der Waals surface area contributed by atoms with Crippen LogP contribution in [0.5, 0.6) is 0 Å². The Balaban J connectivity index is 2.50. The third kappa shape index (κ3) is 13.1. The van der Waals surface area contributed by atoms with E-state index >= 15 is 0 Å². The zero-order valence-electron chi connectivity index (χ0n) is 19.9. The first kappa shape index (κ1) is 30.1. The summed E-state index contributed by atoms with van der Waals surface area (Å²) in [6.45, 7) is 7.06. The zero-order valence-corrected chi connectivity index (χ0v) is 21.7. The van der Waals surface area contributed by atoms with Gasteiger partial charge in [-0.05, 0) is 59.4 Å². The second kappa shape index (κ2) is 14.5. The highest BCUT2D eigenvalue weighted by Gasteiger charge is 2.35. The molecule has 0 aliphatic carbocycles. The monoisotopic (exact) mass is 517 g/mol. The first-order chi connectivity index (χ1) is 15.8. The number of phosphoric acid groups is 2. The van der Waals surface area contributed by atoms with Gasteiger partial charge >= 0.3 is 15.6 Å². The van der Waals surface area contributed by atoms with Crippen molar-refractivity contribution in [2.75, 3.05) is 6.61 Å². The van der Waals surface area contributed by atoms with Crippen LogP contribution in [0.2, 0.25) is 0 Å². The highest BCUT2D eigenvalue weighted by molar-refractivity contribution is 7.61. The Bertz CT molecular complexity index is 1010. The number of nitro groups is 1. The Morgan fingerprint density at radius 3 is 2.12 bits per heavy atom. The van der Waals surface area contributed by atoms with Gasteiger partial charge in [-0.25, -0.2) is 9.13 Å². The van der Waals surface area contributed by atoms with Crippen LogP contribution in [0, 0.1) is 10.1 Å². The van der Waals surface area contributed by atoms with Crippen molar-refractivity contribution in [3.8, 4) is 0 Å². The maximum atomic E-state index is 12.0. The van der Waals surface area contributed by atoms with Crippen LogP contribution in [-0.4, -0.2) is 21.3 Å².